The molecule has 1 aromatic heterocycles. The first-order valence-corrected chi connectivity index (χ1v) is 9.48. The Morgan fingerprint density at radius 1 is 1.23 bits per heavy atom. The fourth-order valence-corrected chi connectivity index (χ4v) is 3.95. The maximum absolute atomic E-state index is 12.6. The largest absolute Gasteiger partial charge is 0.493 e. The number of aromatic nitrogens is 1. The molecule has 0 radical (unpaired) electrons. The fourth-order valence-electron chi connectivity index (χ4n) is 3.14. The molecule has 2 heterocycles. The number of nitrogens with zero attached hydrogens (tertiary/aromatic N) is 2. The molecule has 2 atom stereocenters. The lowest BCUT2D eigenvalue weighted by Crippen LogP contribution is -2.48. The molecule has 0 N–H and O–H groups in total. The van der Waals surface area contributed by atoms with E-state index in [1.807, 2.05) is 42.3 Å². The minimum absolute atomic E-state index is 0.0699. The zero-order chi connectivity index (χ0) is 18.7. The van der Waals surface area contributed by atoms with Crippen LogP contribution >= 0.6 is 11.3 Å². The standard InChI is InChI=1S/C19H24N2O4S/c1-12-9-21(10-13(2)25-12)18(22)8-15-11-26-19(20-15)14-5-6-16(23-3)17(7-14)24-4/h5-7,11-13H,8-10H2,1-4H3. The van der Waals surface area contributed by atoms with Crippen molar-refractivity contribution < 1.29 is 19.0 Å². The first-order chi connectivity index (χ1) is 12.5. The average molecular weight is 376 g/mol. The molecule has 6 nitrogen and oxygen atoms in total. The van der Waals surface area contributed by atoms with Crippen molar-refractivity contribution in [2.75, 3.05) is 27.3 Å². The second-order valence-corrected chi connectivity index (χ2v) is 7.30. The van der Waals surface area contributed by atoms with Crippen molar-refractivity contribution in [3.8, 4) is 22.1 Å². The highest BCUT2D eigenvalue weighted by Gasteiger charge is 2.26. The normalized spacial score (nSPS) is 20.1. The summed E-state index contributed by atoms with van der Waals surface area (Å²) in [6, 6.07) is 5.70. The molecule has 3 rings (SSSR count). The predicted octanol–water partition coefficient (Wildman–Crippen LogP) is 3.01. The summed E-state index contributed by atoms with van der Waals surface area (Å²) in [5, 5.41) is 2.80. The summed E-state index contributed by atoms with van der Waals surface area (Å²) in [5.74, 6) is 1.43. The van der Waals surface area contributed by atoms with Crippen LogP contribution in [-0.2, 0) is 16.0 Å². The molecule has 1 aromatic carbocycles. The summed E-state index contributed by atoms with van der Waals surface area (Å²) in [6.07, 6.45) is 0.448. The van der Waals surface area contributed by atoms with Gasteiger partial charge < -0.3 is 19.1 Å². The number of carbonyl (C=O) groups is 1. The summed E-state index contributed by atoms with van der Waals surface area (Å²) in [5.41, 5.74) is 1.73. The van der Waals surface area contributed by atoms with E-state index in [4.69, 9.17) is 14.2 Å². The second-order valence-electron chi connectivity index (χ2n) is 6.45. The molecule has 26 heavy (non-hydrogen) atoms. The van der Waals surface area contributed by atoms with Crippen LogP contribution in [0.1, 0.15) is 19.5 Å². The van der Waals surface area contributed by atoms with Gasteiger partial charge in [0, 0.05) is 24.0 Å². The van der Waals surface area contributed by atoms with Crippen LogP contribution in [0.4, 0.5) is 0 Å². The van der Waals surface area contributed by atoms with Crippen molar-refractivity contribution in [1.29, 1.82) is 0 Å². The van der Waals surface area contributed by atoms with Crippen molar-refractivity contribution in [3.05, 3.63) is 29.3 Å². The third-order valence-corrected chi connectivity index (χ3v) is 5.23. The Balaban J connectivity index is 1.71. The highest BCUT2D eigenvalue weighted by molar-refractivity contribution is 7.13. The molecule has 0 spiro atoms. The van der Waals surface area contributed by atoms with Gasteiger partial charge in [-0.15, -0.1) is 11.3 Å². The van der Waals surface area contributed by atoms with Gasteiger partial charge in [-0.1, -0.05) is 0 Å². The Hall–Kier alpha value is -2.12. The lowest BCUT2D eigenvalue weighted by atomic mass is 10.2. The van der Waals surface area contributed by atoms with E-state index in [1.165, 1.54) is 11.3 Å². The maximum atomic E-state index is 12.6. The van der Waals surface area contributed by atoms with Gasteiger partial charge in [0.15, 0.2) is 11.5 Å². The smallest absolute Gasteiger partial charge is 0.228 e. The minimum atomic E-state index is 0.0699. The van der Waals surface area contributed by atoms with E-state index < -0.39 is 0 Å². The quantitative estimate of drug-likeness (QED) is 0.803. The van der Waals surface area contributed by atoms with Gasteiger partial charge in [-0.05, 0) is 32.0 Å². The predicted molar refractivity (Wildman–Crippen MR) is 101 cm³/mol. The summed E-state index contributed by atoms with van der Waals surface area (Å²) in [4.78, 5) is 19.1. The van der Waals surface area contributed by atoms with Crippen molar-refractivity contribution in [2.24, 2.45) is 0 Å². The molecule has 1 amide bonds. The number of carbonyl (C=O) groups excluding carboxylic acids is 1. The summed E-state index contributed by atoms with van der Waals surface area (Å²) < 4.78 is 16.3. The van der Waals surface area contributed by atoms with Gasteiger partial charge in [0.1, 0.15) is 5.01 Å². The van der Waals surface area contributed by atoms with Gasteiger partial charge in [-0.25, -0.2) is 4.98 Å². The van der Waals surface area contributed by atoms with E-state index in [0.717, 1.165) is 16.3 Å². The number of ether oxygens (including phenoxy) is 3. The van der Waals surface area contributed by atoms with Crippen molar-refractivity contribution in [2.45, 2.75) is 32.5 Å². The Morgan fingerprint density at radius 3 is 2.58 bits per heavy atom. The second kappa shape index (κ2) is 8.05. The zero-order valence-electron chi connectivity index (χ0n) is 15.5. The van der Waals surface area contributed by atoms with E-state index in [1.54, 1.807) is 14.2 Å². The number of benzene rings is 1. The molecule has 1 fully saturated rings. The molecule has 1 saturated heterocycles. The van der Waals surface area contributed by atoms with Crippen LogP contribution < -0.4 is 9.47 Å². The van der Waals surface area contributed by atoms with Crippen LogP contribution in [0.25, 0.3) is 10.6 Å². The highest BCUT2D eigenvalue weighted by atomic mass is 32.1. The highest BCUT2D eigenvalue weighted by Crippen LogP contribution is 2.33. The van der Waals surface area contributed by atoms with Crippen LogP contribution in [0.15, 0.2) is 23.6 Å². The Morgan fingerprint density at radius 2 is 1.92 bits per heavy atom. The molecule has 7 heteroatoms. The number of amides is 1. The van der Waals surface area contributed by atoms with Gasteiger partial charge in [-0.2, -0.15) is 0 Å². The van der Waals surface area contributed by atoms with Crippen LogP contribution in [0.2, 0.25) is 0 Å². The summed E-state index contributed by atoms with van der Waals surface area (Å²) >= 11 is 1.52. The topological polar surface area (TPSA) is 60.9 Å². The number of thiazole rings is 1. The molecule has 0 bridgehead atoms. The van der Waals surface area contributed by atoms with Crippen LogP contribution in [0.3, 0.4) is 0 Å². The number of hydrogen-bond donors (Lipinski definition) is 0. The Kier molecular flexibility index (Phi) is 5.78. The number of methoxy groups -OCH3 is 2. The van der Waals surface area contributed by atoms with Crippen molar-refractivity contribution >= 4 is 17.2 Å². The molecular weight excluding hydrogens is 352 g/mol. The molecule has 1 aliphatic rings. The van der Waals surface area contributed by atoms with Gasteiger partial charge in [0.2, 0.25) is 5.91 Å². The van der Waals surface area contributed by atoms with Crippen LogP contribution in [0, 0.1) is 0 Å². The van der Waals surface area contributed by atoms with E-state index >= 15 is 0 Å². The van der Waals surface area contributed by atoms with Crippen molar-refractivity contribution in [3.63, 3.8) is 0 Å². The lowest BCUT2D eigenvalue weighted by Gasteiger charge is -2.35. The summed E-state index contributed by atoms with van der Waals surface area (Å²) in [6.45, 7) is 5.26. The maximum Gasteiger partial charge on any atom is 0.228 e. The lowest BCUT2D eigenvalue weighted by molar-refractivity contribution is -0.142. The molecule has 2 unspecified atom stereocenters. The van der Waals surface area contributed by atoms with E-state index in [-0.39, 0.29) is 18.1 Å². The number of morpholine rings is 1. The van der Waals surface area contributed by atoms with Gasteiger partial charge in [0.05, 0.1) is 38.5 Å². The SMILES string of the molecule is COc1ccc(-c2nc(CC(=O)N3CC(C)OC(C)C3)cs2)cc1OC. The molecular formula is C19H24N2O4S. The van der Waals surface area contributed by atoms with Gasteiger partial charge in [0.25, 0.3) is 0 Å². The third-order valence-electron chi connectivity index (χ3n) is 4.29. The summed E-state index contributed by atoms with van der Waals surface area (Å²) in [7, 11) is 3.22. The van der Waals surface area contributed by atoms with E-state index in [2.05, 4.69) is 4.98 Å². The van der Waals surface area contributed by atoms with Gasteiger partial charge >= 0.3 is 0 Å². The Labute approximate surface area is 157 Å². The monoisotopic (exact) mass is 376 g/mol. The van der Waals surface area contributed by atoms with Crippen LogP contribution in [-0.4, -0.2) is 55.3 Å². The van der Waals surface area contributed by atoms with E-state index in [0.29, 0.717) is 31.0 Å². The fraction of sp³-hybridized carbons (Fsp3) is 0.474. The number of rotatable bonds is 5. The first kappa shape index (κ1) is 18.7. The third kappa shape index (κ3) is 4.16. The molecule has 0 aliphatic carbocycles. The van der Waals surface area contributed by atoms with Crippen molar-refractivity contribution in [1.82, 2.24) is 9.88 Å². The molecule has 140 valence electrons. The number of hydrogen-bond acceptors (Lipinski definition) is 6. The van der Waals surface area contributed by atoms with Gasteiger partial charge in [-0.3, -0.25) is 4.79 Å². The van der Waals surface area contributed by atoms with Crippen LogP contribution in [0.5, 0.6) is 11.5 Å². The minimum Gasteiger partial charge on any atom is -0.493 e. The first-order valence-electron chi connectivity index (χ1n) is 8.60. The Bertz CT molecular complexity index is 767. The zero-order valence-corrected chi connectivity index (χ0v) is 16.3. The molecule has 2 aromatic rings. The molecule has 1 aliphatic heterocycles. The van der Waals surface area contributed by atoms with E-state index in [9.17, 15) is 4.79 Å². The average Bonchev–Trinajstić information content (AvgIpc) is 3.08. The molecule has 0 saturated carbocycles.